The average Bonchev–Trinajstić information content (AvgIpc) is 2.73. The van der Waals surface area contributed by atoms with Gasteiger partial charge in [-0.25, -0.2) is 0 Å². The summed E-state index contributed by atoms with van der Waals surface area (Å²) in [5.41, 5.74) is 0. The van der Waals surface area contributed by atoms with Crippen molar-refractivity contribution in [3.63, 3.8) is 0 Å². The van der Waals surface area contributed by atoms with Crippen LogP contribution in [0, 0.1) is 12.3 Å². The monoisotopic (exact) mass is 137 g/mol. The van der Waals surface area contributed by atoms with Gasteiger partial charge in [0.15, 0.2) is 0 Å². The molecule has 0 aromatic carbocycles. The van der Waals surface area contributed by atoms with E-state index in [2.05, 4.69) is 17.7 Å². The molecule has 1 heteroatoms. The zero-order valence-corrected chi connectivity index (χ0v) is 6.64. The quantitative estimate of drug-likeness (QED) is 0.531. The summed E-state index contributed by atoms with van der Waals surface area (Å²) in [5, 5.41) is 0. The Labute approximate surface area is 63.4 Å². The third-order valence-electron chi connectivity index (χ3n) is 2.01. The molecule has 0 atom stereocenters. The number of nitrogens with zero attached hydrogens (tertiary/aromatic N) is 1. The Morgan fingerprint density at radius 2 is 2.30 bits per heavy atom. The second kappa shape index (κ2) is 3.63. The summed E-state index contributed by atoms with van der Waals surface area (Å²) in [7, 11) is 0. The van der Waals surface area contributed by atoms with Gasteiger partial charge < -0.3 is 0 Å². The molecule has 1 aliphatic carbocycles. The molecule has 0 N–H and O–H groups in total. The lowest BCUT2D eigenvalue weighted by Crippen LogP contribution is -2.26. The molecule has 0 aliphatic heterocycles. The Hall–Kier alpha value is -0.480. The number of hydrogen-bond donors (Lipinski definition) is 0. The third-order valence-corrected chi connectivity index (χ3v) is 2.01. The zero-order valence-electron chi connectivity index (χ0n) is 6.64. The summed E-state index contributed by atoms with van der Waals surface area (Å²) in [6.07, 6.45) is 8.86. The normalized spacial score (nSPS) is 17.3. The van der Waals surface area contributed by atoms with E-state index in [1.807, 2.05) is 0 Å². The molecule has 0 bridgehead atoms. The highest BCUT2D eigenvalue weighted by Crippen LogP contribution is 2.26. The van der Waals surface area contributed by atoms with E-state index >= 15 is 0 Å². The second-order valence-electron chi connectivity index (χ2n) is 2.81. The van der Waals surface area contributed by atoms with Crippen LogP contribution in [0.4, 0.5) is 0 Å². The average molecular weight is 137 g/mol. The number of terminal acetylenes is 1. The van der Waals surface area contributed by atoms with Crippen LogP contribution in [0.15, 0.2) is 0 Å². The predicted octanol–water partition coefficient (Wildman–Crippen LogP) is 1.49. The zero-order chi connectivity index (χ0) is 7.40. The van der Waals surface area contributed by atoms with E-state index in [4.69, 9.17) is 6.42 Å². The molecular weight excluding hydrogens is 122 g/mol. The van der Waals surface area contributed by atoms with Crippen molar-refractivity contribution in [3.8, 4) is 12.3 Å². The van der Waals surface area contributed by atoms with Gasteiger partial charge in [-0.1, -0.05) is 6.92 Å². The van der Waals surface area contributed by atoms with E-state index in [0.717, 1.165) is 25.6 Å². The molecule has 56 valence electrons. The van der Waals surface area contributed by atoms with Gasteiger partial charge in [-0.15, -0.1) is 12.3 Å². The van der Waals surface area contributed by atoms with E-state index in [1.54, 1.807) is 0 Å². The number of rotatable bonds is 4. The third kappa shape index (κ3) is 2.04. The lowest BCUT2D eigenvalue weighted by molar-refractivity contribution is 0.285. The van der Waals surface area contributed by atoms with Gasteiger partial charge in [-0.3, -0.25) is 4.90 Å². The van der Waals surface area contributed by atoms with Crippen molar-refractivity contribution in [2.24, 2.45) is 0 Å². The Balaban J connectivity index is 2.14. The van der Waals surface area contributed by atoms with E-state index < -0.39 is 0 Å². The molecule has 1 nitrogen and oxygen atoms in total. The summed E-state index contributed by atoms with van der Waals surface area (Å²) in [5.74, 6) is 2.67. The molecule has 0 radical (unpaired) electrons. The lowest BCUT2D eigenvalue weighted by Gasteiger charge is -2.17. The maximum absolute atomic E-state index is 5.18. The van der Waals surface area contributed by atoms with Gasteiger partial charge in [0, 0.05) is 19.0 Å². The molecule has 0 saturated heterocycles. The van der Waals surface area contributed by atoms with E-state index in [1.165, 1.54) is 12.8 Å². The minimum atomic E-state index is 0.873. The van der Waals surface area contributed by atoms with Crippen LogP contribution < -0.4 is 0 Å². The highest BCUT2D eigenvalue weighted by Gasteiger charge is 2.26. The summed E-state index contributed by atoms with van der Waals surface area (Å²) in [4.78, 5) is 2.47. The van der Waals surface area contributed by atoms with E-state index in [9.17, 15) is 0 Å². The standard InChI is InChI=1S/C9H15N/c1-3-5-8-10(4-2)9-6-7-9/h1,9H,4-8H2,2H3. The largest absolute Gasteiger partial charge is 0.300 e. The molecule has 1 rings (SSSR count). The first-order chi connectivity index (χ1) is 4.88. The van der Waals surface area contributed by atoms with Crippen molar-refractivity contribution in [3.05, 3.63) is 0 Å². The molecule has 0 unspecified atom stereocenters. The summed E-state index contributed by atoms with van der Waals surface area (Å²) in [6, 6.07) is 0.873. The van der Waals surface area contributed by atoms with Crippen molar-refractivity contribution >= 4 is 0 Å². The fourth-order valence-corrected chi connectivity index (χ4v) is 1.25. The summed E-state index contributed by atoms with van der Waals surface area (Å²) in [6.45, 7) is 4.46. The fourth-order valence-electron chi connectivity index (χ4n) is 1.25. The fraction of sp³-hybridized carbons (Fsp3) is 0.778. The predicted molar refractivity (Wildman–Crippen MR) is 43.7 cm³/mol. The van der Waals surface area contributed by atoms with Crippen LogP contribution in [-0.4, -0.2) is 24.0 Å². The lowest BCUT2D eigenvalue weighted by atomic mass is 10.4. The van der Waals surface area contributed by atoms with Gasteiger partial charge in [-0.2, -0.15) is 0 Å². The van der Waals surface area contributed by atoms with Crippen molar-refractivity contribution in [2.75, 3.05) is 13.1 Å². The molecule has 1 fully saturated rings. The summed E-state index contributed by atoms with van der Waals surface area (Å²) < 4.78 is 0. The van der Waals surface area contributed by atoms with Crippen LogP contribution in [0.1, 0.15) is 26.2 Å². The van der Waals surface area contributed by atoms with Crippen molar-refractivity contribution in [1.29, 1.82) is 0 Å². The van der Waals surface area contributed by atoms with Gasteiger partial charge in [-0.05, 0) is 19.4 Å². The molecule has 1 saturated carbocycles. The molecule has 0 amide bonds. The van der Waals surface area contributed by atoms with Crippen molar-refractivity contribution in [2.45, 2.75) is 32.2 Å². The summed E-state index contributed by atoms with van der Waals surface area (Å²) >= 11 is 0. The van der Waals surface area contributed by atoms with Crippen LogP contribution in [0.3, 0.4) is 0 Å². The van der Waals surface area contributed by atoms with Crippen LogP contribution in [0.2, 0.25) is 0 Å². The maximum Gasteiger partial charge on any atom is 0.0214 e. The topological polar surface area (TPSA) is 3.24 Å². The van der Waals surface area contributed by atoms with Crippen molar-refractivity contribution < 1.29 is 0 Å². The van der Waals surface area contributed by atoms with Crippen LogP contribution in [0.5, 0.6) is 0 Å². The molecule has 0 aromatic heterocycles. The van der Waals surface area contributed by atoms with E-state index in [-0.39, 0.29) is 0 Å². The SMILES string of the molecule is C#CCCN(CC)C1CC1. The molecule has 0 heterocycles. The smallest absolute Gasteiger partial charge is 0.0214 e. The van der Waals surface area contributed by atoms with Gasteiger partial charge >= 0.3 is 0 Å². The van der Waals surface area contributed by atoms with Crippen molar-refractivity contribution in [1.82, 2.24) is 4.90 Å². The Kier molecular flexibility index (Phi) is 2.77. The first kappa shape index (κ1) is 7.63. The molecule has 10 heavy (non-hydrogen) atoms. The molecular formula is C9H15N. The minimum absolute atomic E-state index is 0.873. The van der Waals surface area contributed by atoms with Gasteiger partial charge in [0.05, 0.1) is 0 Å². The van der Waals surface area contributed by atoms with Gasteiger partial charge in [0.2, 0.25) is 0 Å². The Bertz CT molecular complexity index is 130. The highest BCUT2D eigenvalue weighted by atomic mass is 15.2. The maximum atomic E-state index is 5.18. The number of hydrogen-bond acceptors (Lipinski definition) is 1. The Morgan fingerprint density at radius 3 is 2.70 bits per heavy atom. The molecule has 0 aromatic rings. The van der Waals surface area contributed by atoms with Crippen LogP contribution in [0.25, 0.3) is 0 Å². The van der Waals surface area contributed by atoms with Crippen LogP contribution in [-0.2, 0) is 0 Å². The van der Waals surface area contributed by atoms with Crippen LogP contribution >= 0.6 is 0 Å². The first-order valence-corrected chi connectivity index (χ1v) is 4.06. The molecule has 1 aliphatic rings. The highest BCUT2D eigenvalue weighted by molar-refractivity contribution is 4.89. The second-order valence-corrected chi connectivity index (χ2v) is 2.81. The Morgan fingerprint density at radius 1 is 1.60 bits per heavy atom. The van der Waals surface area contributed by atoms with Gasteiger partial charge in [0.25, 0.3) is 0 Å². The first-order valence-electron chi connectivity index (χ1n) is 4.06. The van der Waals surface area contributed by atoms with Gasteiger partial charge in [0.1, 0.15) is 0 Å². The minimum Gasteiger partial charge on any atom is -0.300 e. The van der Waals surface area contributed by atoms with E-state index in [0.29, 0.717) is 0 Å². The molecule has 0 spiro atoms.